The molecule has 1 heterocycles. The average Bonchev–Trinajstić information content (AvgIpc) is 2.44. The molecule has 0 aliphatic carbocycles. The molecule has 1 aliphatic heterocycles. The smallest absolute Gasteiger partial charge is 0.229 e. The van der Waals surface area contributed by atoms with Crippen molar-refractivity contribution in [3.8, 4) is 11.8 Å². The van der Waals surface area contributed by atoms with Gasteiger partial charge in [0.05, 0.1) is 0 Å². The molecule has 0 N–H and O–H groups in total. The monoisotopic (exact) mass is 334 g/mol. The average molecular weight is 335 g/mol. The number of halogens is 1. The Hall–Kier alpha value is -1.80. The molecule has 1 amide bonds. The fourth-order valence-corrected chi connectivity index (χ4v) is 2.74. The van der Waals surface area contributed by atoms with Crippen LogP contribution in [0.1, 0.15) is 18.9 Å². The second kappa shape index (κ2) is 6.10. The number of benzene rings is 1. The third-order valence-electron chi connectivity index (χ3n) is 3.30. The van der Waals surface area contributed by atoms with E-state index >= 15 is 0 Å². The lowest BCUT2D eigenvalue weighted by Crippen LogP contribution is -2.33. The molecule has 20 heavy (non-hydrogen) atoms. The zero-order chi connectivity index (χ0) is 14.7. The van der Waals surface area contributed by atoms with Crippen molar-refractivity contribution in [1.82, 2.24) is 4.90 Å². The molecule has 0 saturated heterocycles. The van der Waals surface area contributed by atoms with Crippen molar-refractivity contribution in [3.63, 3.8) is 0 Å². The lowest BCUT2D eigenvalue weighted by molar-refractivity contribution is -0.131. The highest BCUT2D eigenvalue weighted by molar-refractivity contribution is 9.10. The molecule has 1 aliphatic rings. The van der Waals surface area contributed by atoms with E-state index in [0.29, 0.717) is 5.75 Å². The van der Waals surface area contributed by atoms with Crippen LogP contribution in [0.3, 0.4) is 0 Å². The molecule has 104 valence electrons. The summed E-state index contributed by atoms with van der Waals surface area (Å²) in [5.41, 5.74) is 1.84. The van der Waals surface area contributed by atoms with E-state index < -0.39 is 0 Å². The van der Waals surface area contributed by atoms with Crippen molar-refractivity contribution in [3.05, 3.63) is 34.3 Å². The Morgan fingerprint density at radius 3 is 2.95 bits per heavy atom. The molecule has 2 rings (SSSR count). The Morgan fingerprint density at radius 2 is 2.30 bits per heavy atom. The second-order valence-electron chi connectivity index (χ2n) is 4.71. The molecule has 0 bridgehead atoms. The normalized spacial score (nSPS) is 18.5. The Bertz CT molecular complexity index is 604. The zero-order valence-corrected chi connectivity index (χ0v) is 13.0. The van der Waals surface area contributed by atoms with Gasteiger partial charge >= 0.3 is 0 Å². The van der Waals surface area contributed by atoms with Gasteiger partial charge in [0.2, 0.25) is 5.91 Å². The molecular formula is C15H15BrN2O2. The molecule has 0 saturated carbocycles. The largest absolute Gasteiger partial charge is 0.479 e. The summed E-state index contributed by atoms with van der Waals surface area (Å²) < 4.78 is 6.09. The molecule has 0 fully saturated rings. The number of amides is 1. The van der Waals surface area contributed by atoms with Gasteiger partial charge in [0, 0.05) is 28.7 Å². The van der Waals surface area contributed by atoms with Crippen LogP contribution in [0, 0.1) is 17.2 Å². The summed E-state index contributed by atoms with van der Waals surface area (Å²) >= 11 is 3.50. The molecule has 1 unspecified atom stereocenters. The van der Waals surface area contributed by atoms with E-state index in [9.17, 15) is 4.79 Å². The highest BCUT2D eigenvalue weighted by Crippen LogP contribution is 2.33. The second-order valence-corrected chi connectivity index (χ2v) is 5.57. The predicted octanol–water partition coefficient (Wildman–Crippen LogP) is 3.19. The van der Waals surface area contributed by atoms with Crippen molar-refractivity contribution in [1.29, 1.82) is 5.26 Å². The first-order valence-electron chi connectivity index (χ1n) is 6.32. The van der Waals surface area contributed by atoms with Gasteiger partial charge in [-0.3, -0.25) is 4.79 Å². The summed E-state index contributed by atoms with van der Waals surface area (Å²) in [6, 6.07) is 7.43. The Morgan fingerprint density at radius 1 is 1.55 bits per heavy atom. The Kier molecular flexibility index (Phi) is 4.46. The number of carbonyl (C=O) groups is 1. The summed E-state index contributed by atoms with van der Waals surface area (Å²) in [4.78, 5) is 13.7. The van der Waals surface area contributed by atoms with E-state index in [1.165, 1.54) is 0 Å². The van der Waals surface area contributed by atoms with Gasteiger partial charge in [-0.25, -0.2) is 0 Å². The van der Waals surface area contributed by atoms with E-state index in [2.05, 4.69) is 22.0 Å². The van der Waals surface area contributed by atoms with E-state index in [4.69, 9.17) is 10.00 Å². The topological polar surface area (TPSA) is 53.3 Å². The van der Waals surface area contributed by atoms with Crippen LogP contribution in [0.5, 0.6) is 5.75 Å². The number of rotatable bonds is 3. The quantitative estimate of drug-likeness (QED) is 0.852. The van der Waals surface area contributed by atoms with Crippen LogP contribution in [0.15, 0.2) is 28.7 Å². The van der Waals surface area contributed by atoms with E-state index in [1.807, 2.05) is 25.1 Å². The van der Waals surface area contributed by atoms with Crippen LogP contribution in [-0.4, -0.2) is 24.5 Å². The zero-order valence-electron chi connectivity index (χ0n) is 11.4. The summed E-state index contributed by atoms with van der Waals surface area (Å²) in [5.74, 6) is 0.779. The lowest BCUT2D eigenvalue weighted by Gasteiger charge is -2.29. The highest BCUT2D eigenvalue weighted by Gasteiger charge is 2.26. The third kappa shape index (κ3) is 2.86. The molecule has 1 aromatic carbocycles. The van der Waals surface area contributed by atoms with Gasteiger partial charge in [-0.2, -0.15) is 5.26 Å². The standard InChI is InChI=1S/C15H15BrN2O2/c1-10-3-6-14(18(2)15(10)19)12-5-4-11(9-13(12)16)20-8-7-17/h4-6,9-10H,3,8H2,1-2H3. The first-order valence-corrected chi connectivity index (χ1v) is 7.11. The molecule has 1 atom stereocenters. The minimum Gasteiger partial charge on any atom is -0.479 e. The summed E-state index contributed by atoms with van der Waals surface area (Å²) in [6.07, 6.45) is 2.82. The molecule has 0 aromatic heterocycles. The number of hydrogen-bond donors (Lipinski definition) is 0. The molecule has 0 radical (unpaired) electrons. The number of hydrogen-bond acceptors (Lipinski definition) is 3. The van der Waals surface area contributed by atoms with Crippen molar-refractivity contribution >= 4 is 27.5 Å². The summed E-state index contributed by atoms with van der Waals surface area (Å²) in [5, 5.41) is 8.50. The van der Waals surface area contributed by atoms with Crippen LogP contribution in [0.25, 0.3) is 5.70 Å². The van der Waals surface area contributed by atoms with Crippen LogP contribution in [-0.2, 0) is 4.79 Å². The van der Waals surface area contributed by atoms with Gasteiger partial charge in [-0.1, -0.05) is 13.0 Å². The van der Waals surface area contributed by atoms with E-state index in [1.54, 1.807) is 18.0 Å². The molecular weight excluding hydrogens is 320 g/mol. The van der Waals surface area contributed by atoms with Gasteiger partial charge in [-0.05, 0) is 40.5 Å². The van der Waals surface area contributed by atoms with Crippen LogP contribution in [0.2, 0.25) is 0 Å². The molecule has 4 nitrogen and oxygen atoms in total. The first kappa shape index (κ1) is 14.6. The maximum absolute atomic E-state index is 12.0. The van der Waals surface area contributed by atoms with E-state index in [-0.39, 0.29) is 18.4 Å². The highest BCUT2D eigenvalue weighted by atomic mass is 79.9. The predicted molar refractivity (Wildman–Crippen MR) is 79.8 cm³/mol. The van der Waals surface area contributed by atoms with Crippen molar-refractivity contribution in [2.45, 2.75) is 13.3 Å². The number of nitrogens with zero attached hydrogens (tertiary/aromatic N) is 2. The third-order valence-corrected chi connectivity index (χ3v) is 3.95. The van der Waals surface area contributed by atoms with Gasteiger partial charge in [-0.15, -0.1) is 0 Å². The maximum Gasteiger partial charge on any atom is 0.229 e. The summed E-state index contributed by atoms with van der Waals surface area (Å²) in [7, 11) is 1.79. The SMILES string of the molecule is CC1CC=C(c2ccc(OCC#N)cc2Br)N(C)C1=O. The number of allylic oxidation sites excluding steroid dienone is 1. The van der Waals surface area contributed by atoms with Gasteiger partial charge in [0.15, 0.2) is 6.61 Å². The fourth-order valence-electron chi connectivity index (χ4n) is 2.18. The number of carbonyl (C=O) groups excluding carboxylic acids is 1. The van der Waals surface area contributed by atoms with Crippen molar-refractivity contribution < 1.29 is 9.53 Å². The minimum absolute atomic E-state index is 0.0182. The Balaban J connectivity index is 2.30. The van der Waals surface area contributed by atoms with Gasteiger partial charge < -0.3 is 9.64 Å². The lowest BCUT2D eigenvalue weighted by atomic mass is 9.98. The maximum atomic E-state index is 12.0. The number of nitriles is 1. The van der Waals surface area contributed by atoms with Gasteiger partial charge in [0.1, 0.15) is 11.8 Å². The van der Waals surface area contributed by atoms with Gasteiger partial charge in [0.25, 0.3) is 0 Å². The first-order chi connectivity index (χ1) is 9.54. The van der Waals surface area contributed by atoms with Crippen LogP contribution < -0.4 is 4.74 Å². The van der Waals surface area contributed by atoms with Crippen LogP contribution >= 0.6 is 15.9 Å². The Labute approximate surface area is 126 Å². The fraction of sp³-hybridized carbons (Fsp3) is 0.333. The van der Waals surface area contributed by atoms with E-state index in [0.717, 1.165) is 22.2 Å². The molecule has 5 heteroatoms. The minimum atomic E-state index is 0.0182. The summed E-state index contributed by atoms with van der Waals surface area (Å²) in [6.45, 7) is 1.95. The molecule has 1 aromatic rings. The molecule has 0 spiro atoms. The van der Waals surface area contributed by atoms with Crippen molar-refractivity contribution in [2.75, 3.05) is 13.7 Å². The van der Waals surface area contributed by atoms with Crippen LogP contribution in [0.4, 0.5) is 0 Å². The van der Waals surface area contributed by atoms with Crippen molar-refractivity contribution in [2.24, 2.45) is 5.92 Å². The number of ether oxygens (including phenoxy) is 1.